The zero-order chi connectivity index (χ0) is 12.5. The standard InChI is InChI=1S/C8H6BrClN2O4/c1-11(8(13)14)4-2-5(9)7(10)6(3-4)12(15)16/h2-3H,1H3,(H,13,14). The van der Waals surface area contributed by atoms with Crippen molar-refractivity contribution in [1.29, 1.82) is 0 Å². The molecule has 8 heteroatoms. The molecule has 0 unspecified atom stereocenters. The molecule has 0 bridgehead atoms. The number of carbonyl (C=O) groups is 1. The summed E-state index contributed by atoms with van der Waals surface area (Å²) < 4.78 is 0.270. The Morgan fingerprint density at radius 3 is 2.62 bits per heavy atom. The van der Waals surface area contributed by atoms with Crippen LogP contribution in [0.2, 0.25) is 5.02 Å². The maximum absolute atomic E-state index is 10.7. The van der Waals surface area contributed by atoms with Crippen molar-refractivity contribution in [3.05, 3.63) is 31.7 Å². The minimum Gasteiger partial charge on any atom is -0.465 e. The van der Waals surface area contributed by atoms with Crippen LogP contribution >= 0.6 is 27.5 Å². The van der Waals surface area contributed by atoms with E-state index in [9.17, 15) is 14.9 Å². The van der Waals surface area contributed by atoms with Gasteiger partial charge in [-0.05, 0) is 22.0 Å². The lowest BCUT2D eigenvalue weighted by Gasteiger charge is -2.13. The zero-order valence-electron chi connectivity index (χ0n) is 7.98. The molecule has 1 N–H and O–H groups in total. The molecule has 0 heterocycles. The quantitative estimate of drug-likeness (QED) is 0.672. The smallest absolute Gasteiger partial charge is 0.411 e. The van der Waals surface area contributed by atoms with Gasteiger partial charge in [0.25, 0.3) is 5.69 Å². The topological polar surface area (TPSA) is 83.7 Å². The van der Waals surface area contributed by atoms with Gasteiger partial charge in [0, 0.05) is 17.6 Å². The van der Waals surface area contributed by atoms with E-state index in [1.807, 2.05) is 0 Å². The monoisotopic (exact) mass is 308 g/mol. The van der Waals surface area contributed by atoms with Crippen LogP contribution < -0.4 is 4.90 Å². The maximum Gasteiger partial charge on any atom is 0.411 e. The molecule has 0 saturated carbocycles. The molecular weight excluding hydrogens is 303 g/mol. The molecule has 0 saturated heterocycles. The molecule has 0 fully saturated rings. The largest absolute Gasteiger partial charge is 0.465 e. The molecule has 0 spiro atoms. The molecule has 16 heavy (non-hydrogen) atoms. The third-order valence-corrected chi connectivity index (χ3v) is 3.12. The number of amides is 1. The molecule has 6 nitrogen and oxygen atoms in total. The molecule has 0 aliphatic carbocycles. The molecule has 1 amide bonds. The predicted octanol–water partition coefficient (Wildman–Crippen LogP) is 3.12. The number of hydrogen-bond donors (Lipinski definition) is 1. The van der Waals surface area contributed by atoms with Crippen LogP contribution in [0.15, 0.2) is 16.6 Å². The molecule has 1 aromatic carbocycles. The van der Waals surface area contributed by atoms with E-state index in [0.29, 0.717) is 0 Å². The van der Waals surface area contributed by atoms with Gasteiger partial charge in [-0.15, -0.1) is 0 Å². The summed E-state index contributed by atoms with van der Waals surface area (Å²) in [4.78, 5) is 21.5. The van der Waals surface area contributed by atoms with Gasteiger partial charge in [-0.25, -0.2) is 4.79 Å². The highest BCUT2D eigenvalue weighted by atomic mass is 79.9. The van der Waals surface area contributed by atoms with E-state index >= 15 is 0 Å². The second-order valence-corrected chi connectivity index (χ2v) is 4.09. The van der Waals surface area contributed by atoms with Gasteiger partial charge < -0.3 is 5.11 Å². The summed E-state index contributed by atoms with van der Waals surface area (Å²) in [6.45, 7) is 0. The lowest BCUT2D eigenvalue weighted by molar-refractivity contribution is -0.384. The summed E-state index contributed by atoms with van der Waals surface area (Å²) in [5, 5.41) is 19.3. The van der Waals surface area contributed by atoms with Crippen molar-refractivity contribution in [2.24, 2.45) is 0 Å². The Morgan fingerprint density at radius 1 is 1.62 bits per heavy atom. The van der Waals surface area contributed by atoms with Crippen molar-refractivity contribution < 1.29 is 14.8 Å². The second kappa shape index (κ2) is 4.67. The molecule has 86 valence electrons. The number of anilines is 1. The molecular formula is C8H6BrClN2O4. The first-order valence-corrected chi connectivity index (χ1v) is 5.11. The number of rotatable bonds is 2. The summed E-state index contributed by atoms with van der Waals surface area (Å²) in [5.41, 5.74) is -0.186. The highest BCUT2D eigenvalue weighted by molar-refractivity contribution is 9.10. The Bertz CT molecular complexity index is 466. The van der Waals surface area contributed by atoms with E-state index in [4.69, 9.17) is 16.7 Å². The Hall–Kier alpha value is -1.34. The summed E-state index contributed by atoms with van der Waals surface area (Å²) >= 11 is 8.72. The highest BCUT2D eigenvalue weighted by Crippen LogP contribution is 2.36. The summed E-state index contributed by atoms with van der Waals surface area (Å²) in [6.07, 6.45) is -1.22. The van der Waals surface area contributed by atoms with Crippen molar-refractivity contribution in [3.63, 3.8) is 0 Å². The van der Waals surface area contributed by atoms with Crippen molar-refractivity contribution in [2.75, 3.05) is 11.9 Å². The predicted molar refractivity (Wildman–Crippen MR) is 62.2 cm³/mol. The van der Waals surface area contributed by atoms with E-state index in [1.54, 1.807) is 0 Å². The van der Waals surface area contributed by atoms with Crippen LogP contribution in [0.3, 0.4) is 0 Å². The fourth-order valence-corrected chi connectivity index (χ4v) is 1.61. The Kier molecular flexibility index (Phi) is 3.71. The minimum absolute atomic E-state index is 0.0625. The number of nitrogens with zero attached hydrogens (tertiary/aromatic N) is 2. The first kappa shape index (κ1) is 12.7. The molecule has 0 radical (unpaired) electrons. The van der Waals surface area contributed by atoms with Gasteiger partial charge in [0.2, 0.25) is 0 Å². The van der Waals surface area contributed by atoms with E-state index in [1.165, 1.54) is 13.1 Å². The van der Waals surface area contributed by atoms with Crippen LogP contribution in [-0.4, -0.2) is 23.2 Å². The van der Waals surface area contributed by atoms with Gasteiger partial charge in [0.1, 0.15) is 5.02 Å². The van der Waals surface area contributed by atoms with Gasteiger partial charge in [0.15, 0.2) is 0 Å². The number of benzene rings is 1. The molecule has 0 aliphatic heterocycles. The summed E-state index contributed by atoms with van der Waals surface area (Å²) in [7, 11) is 1.28. The Balaban J connectivity index is 3.34. The molecule has 1 rings (SSSR count). The van der Waals surface area contributed by atoms with Gasteiger partial charge in [-0.3, -0.25) is 15.0 Å². The van der Waals surface area contributed by atoms with E-state index < -0.39 is 11.0 Å². The average molecular weight is 310 g/mol. The van der Waals surface area contributed by atoms with Crippen LogP contribution in [0.25, 0.3) is 0 Å². The SMILES string of the molecule is CN(C(=O)O)c1cc(Br)c(Cl)c([N+](=O)[O-])c1. The first-order chi connectivity index (χ1) is 7.34. The number of halogens is 2. The number of hydrogen-bond acceptors (Lipinski definition) is 3. The number of nitro benzene ring substituents is 1. The van der Waals surface area contributed by atoms with Crippen molar-refractivity contribution in [3.8, 4) is 0 Å². The number of carboxylic acid groups (broad SMARTS) is 1. The third kappa shape index (κ3) is 2.42. The van der Waals surface area contributed by atoms with Crippen LogP contribution in [-0.2, 0) is 0 Å². The van der Waals surface area contributed by atoms with E-state index in [0.717, 1.165) is 11.0 Å². The second-order valence-electron chi connectivity index (χ2n) is 2.86. The van der Waals surface area contributed by atoms with Crippen LogP contribution in [0.4, 0.5) is 16.2 Å². The molecule has 0 aliphatic rings. The van der Waals surface area contributed by atoms with Crippen LogP contribution in [0.1, 0.15) is 0 Å². The van der Waals surface area contributed by atoms with Crippen LogP contribution in [0, 0.1) is 10.1 Å². The lowest BCUT2D eigenvalue weighted by atomic mass is 10.2. The van der Waals surface area contributed by atoms with Gasteiger partial charge in [-0.2, -0.15) is 0 Å². The average Bonchev–Trinajstić information content (AvgIpc) is 2.20. The van der Waals surface area contributed by atoms with Gasteiger partial charge in [0.05, 0.1) is 10.6 Å². The van der Waals surface area contributed by atoms with Gasteiger partial charge in [-0.1, -0.05) is 11.6 Å². The summed E-state index contributed by atoms with van der Waals surface area (Å²) in [6, 6.07) is 2.49. The highest BCUT2D eigenvalue weighted by Gasteiger charge is 2.20. The maximum atomic E-state index is 10.7. The third-order valence-electron chi connectivity index (χ3n) is 1.86. The van der Waals surface area contributed by atoms with Crippen molar-refractivity contribution in [2.45, 2.75) is 0 Å². The summed E-state index contributed by atoms with van der Waals surface area (Å²) in [5.74, 6) is 0. The van der Waals surface area contributed by atoms with E-state index in [-0.39, 0.29) is 20.9 Å². The van der Waals surface area contributed by atoms with Gasteiger partial charge >= 0.3 is 6.09 Å². The molecule has 0 aromatic heterocycles. The van der Waals surface area contributed by atoms with Crippen molar-refractivity contribution >= 4 is 45.0 Å². The normalized spacial score (nSPS) is 9.94. The molecule has 1 aromatic rings. The fraction of sp³-hybridized carbons (Fsp3) is 0.125. The minimum atomic E-state index is -1.22. The zero-order valence-corrected chi connectivity index (χ0v) is 10.3. The Morgan fingerprint density at radius 2 is 2.19 bits per heavy atom. The fourth-order valence-electron chi connectivity index (χ4n) is 0.998. The Labute approximate surface area is 104 Å². The lowest BCUT2D eigenvalue weighted by Crippen LogP contribution is -2.23. The first-order valence-electron chi connectivity index (χ1n) is 3.94. The molecule has 0 atom stereocenters. The van der Waals surface area contributed by atoms with E-state index in [2.05, 4.69) is 15.9 Å². The van der Waals surface area contributed by atoms with Crippen LogP contribution in [0.5, 0.6) is 0 Å². The van der Waals surface area contributed by atoms with Crippen molar-refractivity contribution in [1.82, 2.24) is 0 Å². The number of nitro groups is 1.